The molecular weight excluding hydrogens is 300 g/mol. The highest BCUT2D eigenvalue weighted by Gasteiger charge is 2.36. The first-order chi connectivity index (χ1) is 10.1. The molecule has 0 bridgehead atoms. The maximum absolute atomic E-state index is 10.9. The summed E-state index contributed by atoms with van der Waals surface area (Å²) in [6, 6.07) is 4.55. The Morgan fingerprint density at radius 2 is 1.82 bits per heavy atom. The van der Waals surface area contributed by atoms with Gasteiger partial charge in [-0.3, -0.25) is 0 Å². The predicted octanol–water partition coefficient (Wildman–Crippen LogP) is 3.79. The summed E-state index contributed by atoms with van der Waals surface area (Å²) in [5, 5.41) is 9.12. The lowest BCUT2D eigenvalue weighted by Crippen LogP contribution is -2.41. The van der Waals surface area contributed by atoms with Crippen molar-refractivity contribution in [2.24, 2.45) is 0 Å². The minimum atomic E-state index is -1.78. The van der Waals surface area contributed by atoms with Gasteiger partial charge in [0.2, 0.25) is 0 Å². The van der Waals surface area contributed by atoms with E-state index in [1.54, 1.807) is 6.07 Å². The topological polar surface area (TPSA) is 65.0 Å². The molecule has 0 radical (unpaired) electrons. The van der Waals surface area contributed by atoms with Gasteiger partial charge in [-0.05, 0) is 36.3 Å². The van der Waals surface area contributed by atoms with Crippen LogP contribution in [0.15, 0.2) is 18.2 Å². The van der Waals surface area contributed by atoms with Crippen molar-refractivity contribution >= 4 is 14.3 Å². The molecular formula is C16H26O5Si. The molecule has 1 N–H and O–H groups in total. The summed E-state index contributed by atoms with van der Waals surface area (Å²) in [7, 11) is -0.292. The van der Waals surface area contributed by atoms with E-state index in [0.29, 0.717) is 24.7 Å². The van der Waals surface area contributed by atoms with Crippen LogP contribution in [0.2, 0.25) is 18.1 Å². The molecule has 0 aliphatic rings. The van der Waals surface area contributed by atoms with Gasteiger partial charge in [0.15, 0.2) is 19.8 Å². The number of hydrogen-bond donors (Lipinski definition) is 1. The molecule has 0 atom stereocenters. The fourth-order valence-corrected chi connectivity index (χ4v) is 2.61. The Bertz CT molecular complexity index is 520. The minimum absolute atomic E-state index is 0.161. The zero-order valence-electron chi connectivity index (χ0n) is 14.2. The quantitative estimate of drug-likeness (QED) is 0.610. The van der Waals surface area contributed by atoms with E-state index in [9.17, 15) is 4.79 Å². The molecule has 0 fully saturated rings. The molecule has 1 aromatic carbocycles. The summed E-state index contributed by atoms with van der Waals surface area (Å²) >= 11 is 0. The van der Waals surface area contributed by atoms with Gasteiger partial charge in [0.1, 0.15) is 6.61 Å². The maximum Gasteiger partial charge on any atom is 0.335 e. The van der Waals surface area contributed by atoms with Crippen LogP contribution in [0.1, 0.15) is 31.1 Å². The molecule has 0 aliphatic carbocycles. The lowest BCUT2D eigenvalue weighted by Gasteiger charge is -2.36. The molecule has 1 rings (SSSR count). The van der Waals surface area contributed by atoms with Crippen LogP contribution in [0.25, 0.3) is 0 Å². The standard InChI is InChI=1S/C16H26O5Si/c1-16(2,3)22(5,6)21-10-9-20-13-8-7-12(15(17)18)11-14(13)19-4/h7-8,11H,9-10H2,1-6H3,(H,17,18). The summed E-state index contributed by atoms with van der Waals surface area (Å²) in [5.41, 5.74) is 0.168. The smallest absolute Gasteiger partial charge is 0.335 e. The highest BCUT2D eigenvalue weighted by atomic mass is 28.4. The average Bonchev–Trinajstić information content (AvgIpc) is 2.42. The second-order valence-electron chi connectivity index (χ2n) is 6.63. The van der Waals surface area contributed by atoms with Crippen molar-refractivity contribution in [3.8, 4) is 11.5 Å². The highest BCUT2D eigenvalue weighted by molar-refractivity contribution is 6.74. The summed E-state index contributed by atoms with van der Waals surface area (Å²) in [6.45, 7) is 11.8. The molecule has 0 saturated heterocycles. The van der Waals surface area contributed by atoms with Crippen molar-refractivity contribution in [2.45, 2.75) is 38.9 Å². The van der Waals surface area contributed by atoms with Gasteiger partial charge in [-0.15, -0.1) is 0 Å². The van der Waals surface area contributed by atoms with E-state index in [-0.39, 0.29) is 10.6 Å². The van der Waals surface area contributed by atoms with Crippen LogP contribution in [0.4, 0.5) is 0 Å². The highest BCUT2D eigenvalue weighted by Crippen LogP contribution is 2.36. The normalized spacial score (nSPS) is 12.1. The van der Waals surface area contributed by atoms with Crippen LogP contribution in [0, 0.1) is 0 Å². The Morgan fingerprint density at radius 1 is 1.18 bits per heavy atom. The van der Waals surface area contributed by atoms with Gasteiger partial charge in [-0.2, -0.15) is 0 Å². The van der Waals surface area contributed by atoms with E-state index in [0.717, 1.165) is 0 Å². The number of rotatable bonds is 7. The molecule has 0 saturated carbocycles. The van der Waals surface area contributed by atoms with Crippen molar-refractivity contribution in [2.75, 3.05) is 20.3 Å². The number of benzene rings is 1. The molecule has 124 valence electrons. The van der Waals surface area contributed by atoms with Crippen molar-refractivity contribution in [1.82, 2.24) is 0 Å². The van der Waals surface area contributed by atoms with E-state index in [1.165, 1.54) is 19.2 Å². The van der Waals surface area contributed by atoms with Crippen molar-refractivity contribution in [3.63, 3.8) is 0 Å². The third-order valence-electron chi connectivity index (χ3n) is 4.02. The van der Waals surface area contributed by atoms with Crippen molar-refractivity contribution < 1.29 is 23.8 Å². The first kappa shape index (κ1) is 18.5. The SMILES string of the molecule is COc1cc(C(=O)O)ccc1OCCO[Si](C)(C)C(C)(C)C. The molecule has 0 heterocycles. The van der Waals surface area contributed by atoms with E-state index in [1.807, 2.05) is 0 Å². The monoisotopic (exact) mass is 326 g/mol. The van der Waals surface area contributed by atoms with Gasteiger partial charge in [0.25, 0.3) is 0 Å². The summed E-state index contributed by atoms with van der Waals surface area (Å²) < 4.78 is 16.8. The largest absolute Gasteiger partial charge is 0.493 e. The molecule has 22 heavy (non-hydrogen) atoms. The van der Waals surface area contributed by atoms with E-state index in [2.05, 4.69) is 33.9 Å². The number of carboxylic acid groups (broad SMARTS) is 1. The molecule has 0 spiro atoms. The summed E-state index contributed by atoms with van der Waals surface area (Å²) in [5.74, 6) is -0.0651. The number of carboxylic acids is 1. The van der Waals surface area contributed by atoms with Gasteiger partial charge in [0, 0.05) is 0 Å². The van der Waals surface area contributed by atoms with Crippen molar-refractivity contribution in [3.05, 3.63) is 23.8 Å². The van der Waals surface area contributed by atoms with Gasteiger partial charge < -0.3 is 19.0 Å². The number of carbonyl (C=O) groups is 1. The van der Waals surface area contributed by atoms with E-state index in [4.69, 9.17) is 19.0 Å². The van der Waals surface area contributed by atoms with Crippen LogP contribution in [-0.2, 0) is 4.43 Å². The third-order valence-corrected chi connectivity index (χ3v) is 8.56. The van der Waals surface area contributed by atoms with Gasteiger partial charge >= 0.3 is 5.97 Å². The third kappa shape index (κ3) is 4.74. The fourth-order valence-electron chi connectivity index (χ4n) is 1.58. The van der Waals surface area contributed by atoms with Gasteiger partial charge in [-0.25, -0.2) is 4.79 Å². The Morgan fingerprint density at radius 3 is 2.32 bits per heavy atom. The summed E-state index contributed by atoms with van der Waals surface area (Å²) in [4.78, 5) is 10.9. The number of ether oxygens (including phenoxy) is 2. The first-order valence-electron chi connectivity index (χ1n) is 7.26. The lowest BCUT2D eigenvalue weighted by molar-refractivity contribution is 0.0696. The molecule has 0 amide bonds. The zero-order chi connectivity index (χ0) is 17.0. The number of aromatic carboxylic acids is 1. The summed E-state index contributed by atoms with van der Waals surface area (Å²) in [6.07, 6.45) is 0. The van der Waals surface area contributed by atoms with Gasteiger partial charge in [0.05, 0.1) is 19.3 Å². The second-order valence-corrected chi connectivity index (χ2v) is 11.4. The Kier molecular flexibility index (Phi) is 6.02. The Balaban J connectivity index is 2.61. The average molecular weight is 326 g/mol. The lowest BCUT2D eigenvalue weighted by atomic mass is 10.2. The molecule has 0 aliphatic heterocycles. The molecule has 0 aromatic heterocycles. The van der Waals surface area contributed by atoms with Crippen LogP contribution in [-0.4, -0.2) is 39.7 Å². The minimum Gasteiger partial charge on any atom is -0.493 e. The molecule has 1 aromatic rings. The number of methoxy groups -OCH3 is 1. The Hall–Kier alpha value is -1.53. The molecule has 0 unspecified atom stereocenters. The second kappa shape index (κ2) is 7.15. The fraction of sp³-hybridized carbons (Fsp3) is 0.562. The van der Waals surface area contributed by atoms with Crippen molar-refractivity contribution in [1.29, 1.82) is 0 Å². The Labute approximate surface area is 133 Å². The van der Waals surface area contributed by atoms with E-state index >= 15 is 0 Å². The zero-order valence-corrected chi connectivity index (χ0v) is 15.2. The van der Waals surface area contributed by atoms with Crippen LogP contribution >= 0.6 is 0 Å². The van der Waals surface area contributed by atoms with Gasteiger partial charge in [-0.1, -0.05) is 20.8 Å². The molecule has 6 heteroatoms. The van der Waals surface area contributed by atoms with Crippen LogP contribution in [0.5, 0.6) is 11.5 Å². The van der Waals surface area contributed by atoms with Crippen LogP contribution < -0.4 is 9.47 Å². The van der Waals surface area contributed by atoms with E-state index < -0.39 is 14.3 Å². The maximum atomic E-state index is 10.9. The first-order valence-corrected chi connectivity index (χ1v) is 10.2. The predicted molar refractivity (Wildman–Crippen MR) is 88.6 cm³/mol. The molecule has 5 nitrogen and oxygen atoms in total. The number of hydrogen-bond acceptors (Lipinski definition) is 4. The van der Waals surface area contributed by atoms with Crippen LogP contribution in [0.3, 0.4) is 0 Å².